The standard InChI is InChI=1S/C16H20N2O4/c1-11-4-2-3-7-18(11)16(20)15(19)17-9-12-5-6-13-14(8-12)22-10-21-13/h5-6,8,11H,2-4,7,9-10H2,1H3,(H,17,19). The molecule has 0 bridgehead atoms. The van der Waals surface area contributed by atoms with Gasteiger partial charge >= 0.3 is 11.8 Å². The Balaban J connectivity index is 1.56. The van der Waals surface area contributed by atoms with Crippen molar-refractivity contribution in [2.75, 3.05) is 13.3 Å². The van der Waals surface area contributed by atoms with E-state index in [1.54, 1.807) is 11.0 Å². The number of fused-ring (bicyclic) bond motifs is 1. The first-order chi connectivity index (χ1) is 10.6. The summed E-state index contributed by atoms with van der Waals surface area (Å²) in [6.07, 6.45) is 3.04. The molecule has 1 unspecified atom stereocenters. The lowest BCUT2D eigenvalue weighted by Gasteiger charge is -2.32. The highest BCUT2D eigenvalue weighted by Gasteiger charge is 2.27. The minimum atomic E-state index is -0.550. The van der Waals surface area contributed by atoms with Gasteiger partial charge in [0.25, 0.3) is 0 Å². The van der Waals surface area contributed by atoms with Crippen molar-refractivity contribution in [2.45, 2.75) is 38.8 Å². The summed E-state index contributed by atoms with van der Waals surface area (Å²) in [7, 11) is 0. The fraction of sp³-hybridized carbons (Fsp3) is 0.500. The average Bonchev–Trinajstić information content (AvgIpc) is 3.00. The smallest absolute Gasteiger partial charge is 0.312 e. The maximum Gasteiger partial charge on any atom is 0.312 e. The van der Waals surface area contributed by atoms with Gasteiger partial charge < -0.3 is 19.7 Å². The Hall–Kier alpha value is -2.24. The number of rotatable bonds is 2. The highest BCUT2D eigenvalue weighted by molar-refractivity contribution is 6.35. The summed E-state index contributed by atoms with van der Waals surface area (Å²) < 4.78 is 10.5. The van der Waals surface area contributed by atoms with Crippen molar-refractivity contribution in [3.05, 3.63) is 23.8 Å². The minimum Gasteiger partial charge on any atom is -0.454 e. The monoisotopic (exact) mass is 304 g/mol. The van der Waals surface area contributed by atoms with Crippen LogP contribution in [0.4, 0.5) is 0 Å². The predicted octanol–water partition coefficient (Wildman–Crippen LogP) is 1.43. The van der Waals surface area contributed by atoms with Gasteiger partial charge in [-0.05, 0) is 43.9 Å². The van der Waals surface area contributed by atoms with E-state index in [9.17, 15) is 9.59 Å². The van der Waals surface area contributed by atoms with Crippen LogP contribution < -0.4 is 14.8 Å². The highest BCUT2D eigenvalue weighted by Crippen LogP contribution is 2.32. The van der Waals surface area contributed by atoms with E-state index in [-0.39, 0.29) is 12.8 Å². The van der Waals surface area contributed by atoms with Crippen molar-refractivity contribution in [1.29, 1.82) is 0 Å². The number of hydrogen-bond donors (Lipinski definition) is 1. The molecule has 0 aliphatic carbocycles. The lowest BCUT2D eigenvalue weighted by molar-refractivity contribution is -0.148. The second-order valence-electron chi connectivity index (χ2n) is 5.71. The van der Waals surface area contributed by atoms with E-state index in [0.29, 0.717) is 24.6 Å². The van der Waals surface area contributed by atoms with E-state index in [2.05, 4.69) is 5.32 Å². The van der Waals surface area contributed by atoms with Crippen molar-refractivity contribution >= 4 is 11.8 Å². The highest BCUT2D eigenvalue weighted by atomic mass is 16.7. The van der Waals surface area contributed by atoms with Gasteiger partial charge in [0.05, 0.1) is 0 Å². The molecule has 2 amide bonds. The largest absolute Gasteiger partial charge is 0.454 e. The average molecular weight is 304 g/mol. The molecule has 3 rings (SSSR count). The van der Waals surface area contributed by atoms with Gasteiger partial charge in [0.15, 0.2) is 11.5 Å². The Morgan fingerprint density at radius 1 is 1.27 bits per heavy atom. The molecule has 0 spiro atoms. The number of nitrogens with one attached hydrogen (secondary N) is 1. The fourth-order valence-electron chi connectivity index (χ4n) is 2.84. The molecule has 1 aromatic carbocycles. The summed E-state index contributed by atoms with van der Waals surface area (Å²) in [5, 5.41) is 2.68. The molecule has 0 aromatic heterocycles. The Morgan fingerprint density at radius 2 is 2.09 bits per heavy atom. The number of nitrogens with zero attached hydrogens (tertiary/aromatic N) is 1. The van der Waals surface area contributed by atoms with Crippen LogP contribution in [0.1, 0.15) is 31.7 Å². The second kappa shape index (κ2) is 6.25. The zero-order valence-electron chi connectivity index (χ0n) is 12.6. The first-order valence-corrected chi connectivity index (χ1v) is 7.62. The fourth-order valence-corrected chi connectivity index (χ4v) is 2.84. The second-order valence-corrected chi connectivity index (χ2v) is 5.71. The van der Waals surface area contributed by atoms with E-state index in [1.165, 1.54) is 0 Å². The number of likely N-dealkylation sites (tertiary alicyclic amines) is 1. The van der Waals surface area contributed by atoms with Crippen LogP contribution in [-0.4, -0.2) is 36.1 Å². The van der Waals surface area contributed by atoms with E-state index >= 15 is 0 Å². The molecule has 1 aromatic rings. The molecule has 22 heavy (non-hydrogen) atoms. The zero-order chi connectivity index (χ0) is 15.5. The van der Waals surface area contributed by atoms with Gasteiger partial charge in [-0.25, -0.2) is 0 Å². The van der Waals surface area contributed by atoms with Crippen molar-refractivity contribution < 1.29 is 19.1 Å². The first-order valence-electron chi connectivity index (χ1n) is 7.62. The van der Waals surface area contributed by atoms with Gasteiger partial charge in [-0.15, -0.1) is 0 Å². The predicted molar refractivity (Wildman–Crippen MR) is 79.4 cm³/mol. The lowest BCUT2D eigenvalue weighted by Crippen LogP contribution is -2.48. The van der Waals surface area contributed by atoms with Crippen LogP contribution in [0.5, 0.6) is 11.5 Å². The first kappa shape index (κ1) is 14.7. The van der Waals surface area contributed by atoms with Gasteiger partial charge in [-0.3, -0.25) is 9.59 Å². The third kappa shape index (κ3) is 3.00. The molecule has 0 saturated carbocycles. The number of ether oxygens (including phenoxy) is 2. The number of amides is 2. The Labute approximate surface area is 129 Å². The van der Waals surface area contributed by atoms with Gasteiger partial charge in [0.1, 0.15) is 0 Å². The summed E-state index contributed by atoms with van der Waals surface area (Å²) in [4.78, 5) is 25.9. The Morgan fingerprint density at radius 3 is 2.91 bits per heavy atom. The summed E-state index contributed by atoms with van der Waals surface area (Å²) >= 11 is 0. The maximum absolute atomic E-state index is 12.2. The molecule has 1 atom stereocenters. The number of carbonyl (C=O) groups is 2. The van der Waals surface area contributed by atoms with Gasteiger partial charge in [0, 0.05) is 19.1 Å². The molecule has 2 aliphatic rings. The molecule has 0 radical (unpaired) electrons. The molecule has 118 valence electrons. The van der Waals surface area contributed by atoms with Crippen LogP contribution in [0.15, 0.2) is 18.2 Å². The molecule has 1 fully saturated rings. The van der Waals surface area contributed by atoms with Crippen LogP contribution in [0.2, 0.25) is 0 Å². The summed E-state index contributed by atoms with van der Waals surface area (Å²) in [6, 6.07) is 5.61. The molecular weight excluding hydrogens is 284 g/mol. The van der Waals surface area contributed by atoms with Gasteiger partial charge in [0.2, 0.25) is 6.79 Å². The van der Waals surface area contributed by atoms with Gasteiger partial charge in [-0.1, -0.05) is 6.07 Å². The molecule has 6 nitrogen and oxygen atoms in total. The molecule has 6 heteroatoms. The van der Waals surface area contributed by atoms with Crippen molar-refractivity contribution in [2.24, 2.45) is 0 Å². The summed E-state index contributed by atoms with van der Waals surface area (Å²) in [5.74, 6) is 0.385. The van der Waals surface area contributed by atoms with E-state index in [1.807, 2.05) is 19.1 Å². The maximum atomic E-state index is 12.2. The zero-order valence-corrected chi connectivity index (χ0v) is 12.6. The summed E-state index contributed by atoms with van der Waals surface area (Å²) in [6.45, 7) is 3.17. The SMILES string of the molecule is CC1CCCCN1C(=O)C(=O)NCc1ccc2c(c1)OCO2. The quantitative estimate of drug-likeness (QED) is 0.839. The Kier molecular flexibility index (Phi) is 4.18. The van der Waals surface area contributed by atoms with Crippen molar-refractivity contribution in [3.8, 4) is 11.5 Å². The van der Waals surface area contributed by atoms with Crippen LogP contribution in [0.3, 0.4) is 0 Å². The van der Waals surface area contributed by atoms with E-state index < -0.39 is 11.8 Å². The van der Waals surface area contributed by atoms with Crippen LogP contribution in [0, 0.1) is 0 Å². The third-order valence-corrected chi connectivity index (χ3v) is 4.15. The number of piperidine rings is 1. The van der Waals surface area contributed by atoms with E-state index in [4.69, 9.17) is 9.47 Å². The van der Waals surface area contributed by atoms with Crippen LogP contribution in [-0.2, 0) is 16.1 Å². The van der Waals surface area contributed by atoms with Crippen LogP contribution in [0.25, 0.3) is 0 Å². The minimum absolute atomic E-state index is 0.137. The normalized spacial score (nSPS) is 19.9. The third-order valence-electron chi connectivity index (χ3n) is 4.15. The van der Waals surface area contributed by atoms with Crippen molar-refractivity contribution in [1.82, 2.24) is 10.2 Å². The molecule has 2 aliphatic heterocycles. The number of hydrogen-bond acceptors (Lipinski definition) is 4. The van der Waals surface area contributed by atoms with Crippen molar-refractivity contribution in [3.63, 3.8) is 0 Å². The lowest BCUT2D eigenvalue weighted by atomic mass is 10.0. The Bertz CT molecular complexity index is 588. The molecule has 1 saturated heterocycles. The molecule has 2 heterocycles. The molecule has 1 N–H and O–H groups in total. The number of benzene rings is 1. The van der Waals surface area contributed by atoms with Crippen LogP contribution >= 0.6 is 0 Å². The summed E-state index contributed by atoms with van der Waals surface area (Å²) in [5.41, 5.74) is 0.872. The number of carbonyl (C=O) groups excluding carboxylic acids is 2. The van der Waals surface area contributed by atoms with E-state index in [0.717, 1.165) is 24.8 Å². The topological polar surface area (TPSA) is 67.9 Å². The van der Waals surface area contributed by atoms with Gasteiger partial charge in [-0.2, -0.15) is 0 Å². The molecular formula is C16H20N2O4.